The lowest BCUT2D eigenvalue weighted by molar-refractivity contribution is 0.479. The highest BCUT2D eigenvalue weighted by molar-refractivity contribution is 9.10. The monoisotopic (exact) mass is 368 g/mol. The Morgan fingerprint density at radius 3 is 2.56 bits per heavy atom. The van der Waals surface area contributed by atoms with Crippen molar-refractivity contribution in [3.8, 4) is 11.5 Å². The summed E-state index contributed by atoms with van der Waals surface area (Å²) >= 11 is 6.98. The van der Waals surface area contributed by atoms with Gasteiger partial charge in [0.05, 0.1) is 4.47 Å². The van der Waals surface area contributed by atoms with Crippen molar-refractivity contribution in [3.05, 3.63) is 58.1 Å². The molecule has 2 aromatic rings. The van der Waals surface area contributed by atoms with Crippen LogP contribution >= 0.6 is 31.9 Å². The van der Waals surface area contributed by atoms with E-state index < -0.39 is 0 Å². The number of benzene rings is 2. The summed E-state index contributed by atoms with van der Waals surface area (Å²) in [6.45, 7) is 2.14. The van der Waals surface area contributed by atoms with Crippen LogP contribution in [0.5, 0.6) is 11.5 Å². The zero-order valence-corrected chi connectivity index (χ0v) is 13.3. The van der Waals surface area contributed by atoms with Gasteiger partial charge >= 0.3 is 0 Å². The Balaban J connectivity index is 2.22. The van der Waals surface area contributed by atoms with Crippen molar-refractivity contribution in [2.45, 2.75) is 18.7 Å². The van der Waals surface area contributed by atoms with Crippen molar-refractivity contribution in [2.75, 3.05) is 0 Å². The van der Waals surface area contributed by atoms with Gasteiger partial charge in [-0.05, 0) is 57.7 Å². The molecule has 18 heavy (non-hydrogen) atoms. The highest BCUT2D eigenvalue weighted by Crippen LogP contribution is 2.31. The summed E-state index contributed by atoms with van der Waals surface area (Å²) in [6.07, 6.45) is 1.01. The summed E-state index contributed by atoms with van der Waals surface area (Å²) in [5.41, 5.74) is 2.50. The Labute approximate surface area is 124 Å². The maximum Gasteiger partial charge on any atom is 0.141 e. The van der Waals surface area contributed by atoms with Crippen LogP contribution in [0.3, 0.4) is 0 Å². The average molecular weight is 370 g/mol. The maximum absolute atomic E-state index is 5.89. The molecule has 0 unspecified atom stereocenters. The number of hydrogen-bond acceptors (Lipinski definition) is 1. The second-order valence-corrected chi connectivity index (χ2v) is 5.42. The average Bonchev–Trinajstić information content (AvgIpc) is 2.41. The van der Waals surface area contributed by atoms with Gasteiger partial charge < -0.3 is 4.74 Å². The molecule has 2 aromatic carbocycles. The molecule has 0 heterocycles. The number of alkyl halides is 1. The van der Waals surface area contributed by atoms with Crippen LogP contribution < -0.4 is 4.74 Å². The summed E-state index contributed by atoms with van der Waals surface area (Å²) in [6, 6.07) is 14.3. The van der Waals surface area contributed by atoms with Crippen LogP contribution in [-0.2, 0) is 11.8 Å². The van der Waals surface area contributed by atoms with Gasteiger partial charge in [0.15, 0.2) is 0 Å². The second-order valence-electron chi connectivity index (χ2n) is 4.00. The molecular formula is C15H14Br2O. The van der Waals surface area contributed by atoms with E-state index in [0.717, 1.165) is 27.7 Å². The number of ether oxygens (including phenoxy) is 1. The molecule has 1 nitrogen and oxygen atoms in total. The van der Waals surface area contributed by atoms with Crippen molar-refractivity contribution in [2.24, 2.45) is 0 Å². The second kappa shape index (κ2) is 6.39. The van der Waals surface area contributed by atoms with Gasteiger partial charge in [0, 0.05) is 5.33 Å². The van der Waals surface area contributed by atoms with E-state index in [-0.39, 0.29) is 0 Å². The quantitative estimate of drug-likeness (QED) is 0.628. The van der Waals surface area contributed by atoms with E-state index in [9.17, 15) is 0 Å². The zero-order chi connectivity index (χ0) is 13.0. The van der Waals surface area contributed by atoms with Gasteiger partial charge in [0.25, 0.3) is 0 Å². The summed E-state index contributed by atoms with van der Waals surface area (Å²) < 4.78 is 6.86. The van der Waals surface area contributed by atoms with Crippen molar-refractivity contribution in [1.29, 1.82) is 0 Å². The lowest BCUT2D eigenvalue weighted by Crippen LogP contribution is -1.88. The smallest absolute Gasteiger partial charge is 0.141 e. The van der Waals surface area contributed by atoms with Crippen LogP contribution in [0, 0.1) is 0 Å². The number of rotatable bonds is 4. The van der Waals surface area contributed by atoms with E-state index in [4.69, 9.17) is 4.74 Å². The molecule has 0 amide bonds. The molecule has 0 bridgehead atoms. The molecule has 0 saturated heterocycles. The van der Waals surface area contributed by atoms with Crippen LogP contribution in [0.2, 0.25) is 0 Å². The summed E-state index contributed by atoms with van der Waals surface area (Å²) in [7, 11) is 0. The number of aryl methyl sites for hydroxylation is 1. The first kappa shape index (κ1) is 13.6. The van der Waals surface area contributed by atoms with Crippen LogP contribution in [0.15, 0.2) is 46.9 Å². The zero-order valence-electron chi connectivity index (χ0n) is 10.1. The van der Waals surface area contributed by atoms with E-state index in [1.165, 1.54) is 11.1 Å². The van der Waals surface area contributed by atoms with Gasteiger partial charge in [-0.25, -0.2) is 0 Å². The van der Waals surface area contributed by atoms with Gasteiger partial charge in [-0.3, -0.25) is 0 Å². The first-order valence-electron chi connectivity index (χ1n) is 5.84. The summed E-state index contributed by atoms with van der Waals surface area (Å²) in [4.78, 5) is 0. The number of halogens is 2. The number of hydrogen-bond donors (Lipinski definition) is 0. The third-order valence-corrected chi connectivity index (χ3v) is 3.95. The molecule has 94 valence electrons. The Bertz CT molecular complexity index is 538. The minimum atomic E-state index is 0.841. The molecule has 0 aromatic heterocycles. The third kappa shape index (κ3) is 3.36. The molecule has 0 saturated carbocycles. The Morgan fingerprint density at radius 2 is 1.89 bits per heavy atom. The molecule has 0 aliphatic heterocycles. The molecule has 0 aliphatic rings. The lowest BCUT2D eigenvalue weighted by Gasteiger charge is -2.09. The topological polar surface area (TPSA) is 9.23 Å². The predicted octanol–water partition coefficient (Wildman–Crippen LogP) is 5.70. The molecule has 3 heteroatoms. The molecule has 0 atom stereocenters. The van der Waals surface area contributed by atoms with Gasteiger partial charge in [0.1, 0.15) is 11.5 Å². The molecule has 0 radical (unpaired) electrons. The van der Waals surface area contributed by atoms with Crippen molar-refractivity contribution in [3.63, 3.8) is 0 Å². The van der Waals surface area contributed by atoms with Gasteiger partial charge in [0.2, 0.25) is 0 Å². The van der Waals surface area contributed by atoms with Crippen LogP contribution in [0.1, 0.15) is 18.1 Å². The first-order chi connectivity index (χ1) is 8.72. The van der Waals surface area contributed by atoms with Gasteiger partial charge in [-0.1, -0.05) is 41.1 Å². The van der Waals surface area contributed by atoms with Crippen molar-refractivity contribution in [1.82, 2.24) is 0 Å². The minimum Gasteiger partial charge on any atom is -0.456 e. The molecular weight excluding hydrogens is 356 g/mol. The normalized spacial score (nSPS) is 10.4. The SMILES string of the molecule is CCc1cccc(Oc2ccc(CBr)cc2Br)c1. The fourth-order valence-corrected chi connectivity index (χ4v) is 2.52. The van der Waals surface area contributed by atoms with Gasteiger partial charge in [-0.2, -0.15) is 0 Å². The highest BCUT2D eigenvalue weighted by Gasteiger charge is 2.04. The van der Waals surface area contributed by atoms with E-state index in [1.807, 2.05) is 18.2 Å². The van der Waals surface area contributed by atoms with E-state index in [1.54, 1.807) is 0 Å². The standard InChI is InChI=1S/C15H14Br2O/c1-2-11-4-3-5-13(8-11)18-15-7-6-12(10-16)9-14(15)17/h3-9H,2,10H2,1H3. The lowest BCUT2D eigenvalue weighted by atomic mass is 10.2. The predicted molar refractivity (Wildman–Crippen MR) is 82.7 cm³/mol. The highest BCUT2D eigenvalue weighted by atomic mass is 79.9. The molecule has 0 fully saturated rings. The molecule has 0 N–H and O–H groups in total. The Morgan fingerprint density at radius 1 is 1.06 bits per heavy atom. The van der Waals surface area contributed by atoms with E-state index in [2.05, 4.69) is 63.0 Å². The fourth-order valence-electron chi connectivity index (χ4n) is 1.67. The maximum atomic E-state index is 5.89. The minimum absolute atomic E-state index is 0.841. The van der Waals surface area contributed by atoms with E-state index >= 15 is 0 Å². The summed E-state index contributed by atoms with van der Waals surface area (Å²) in [5, 5.41) is 0.844. The van der Waals surface area contributed by atoms with E-state index in [0.29, 0.717) is 0 Å². The van der Waals surface area contributed by atoms with Crippen LogP contribution in [0.4, 0.5) is 0 Å². The van der Waals surface area contributed by atoms with Crippen molar-refractivity contribution < 1.29 is 4.74 Å². The summed E-state index contributed by atoms with van der Waals surface area (Å²) in [5.74, 6) is 1.72. The van der Waals surface area contributed by atoms with Crippen LogP contribution in [-0.4, -0.2) is 0 Å². The Hall–Kier alpha value is -0.800. The molecule has 0 aliphatic carbocycles. The van der Waals surface area contributed by atoms with Crippen LogP contribution in [0.25, 0.3) is 0 Å². The third-order valence-electron chi connectivity index (χ3n) is 2.69. The molecule has 2 rings (SSSR count). The fraction of sp³-hybridized carbons (Fsp3) is 0.200. The molecule has 0 spiro atoms. The Kier molecular flexibility index (Phi) is 4.84. The van der Waals surface area contributed by atoms with Crippen molar-refractivity contribution >= 4 is 31.9 Å². The first-order valence-corrected chi connectivity index (χ1v) is 7.75. The van der Waals surface area contributed by atoms with Gasteiger partial charge in [-0.15, -0.1) is 0 Å². The largest absolute Gasteiger partial charge is 0.456 e.